The van der Waals surface area contributed by atoms with Gasteiger partial charge in [0.25, 0.3) is 0 Å². The number of benzene rings is 1. The van der Waals surface area contributed by atoms with Gasteiger partial charge in [0.05, 0.1) is 25.9 Å². The molecule has 132 valence electrons. The molecule has 6 nitrogen and oxygen atoms in total. The normalized spacial score (nSPS) is 16.6. The molecule has 2 heterocycles. The summed E-state index contributed by atoms with van der Waals surface area (Å²) in [6, 6.07) is 7.39. The summed E-state index contributed by atoms with van der Waals surface area (Å²) in [4.78, 5) is 18.7. The van der Waals surface area contributed by atoms with Gasteiger partial charge >= 0.3 is 6.03 Å². The van der Waals surface area contributed by atoms with Gasteiger partial charge in [-0.25, -0.2) is 4.79 Å². The van der Waals surface area contributed by atoms with Crippen LogP contribution < -0.4 is 14.8 Å². The molecule has 1 aromatic carbocycles. The van der Waals surface area contributed by atoms with E-state index in [9.17, 15) is 4.79 Å². The van der Waals surface area contributed by atoms with Crippen molar-refractivity contribution in [1.82, 2.24) is 9.88 Å². The molecule has 1 N–H and O–H groups in total. The van der Waals surface area contributed by atoms with E-state index in [2.05, 4.69) is 26.2 Å². The minimum absolute atomic E-state index is 0.0712. The van der Waals surface area contributed by atoms with Gasteiger partial charge in [0.15, 0.2) is 11.5 Å². The van der Waals surface area contributed by atoms with Crippen molar-refractivity contribution in [2.75, 3.05) is 26.1 Å². The lowest BCUT2D eigenvalue weighted by molar-refractivity contribution is 0.207. The Kier molecular flexibility index (Phi) is 5.43. The lowest BCUT2D eigenvalue weighted by Crippen LogP contribution is -2.34. The van der Waals surface area contributed by atoms with E-state index in [-0.39, 0.29) is 12.1 Å². The van der Waals surface area contributed by atoms with E-state index in [1.807, 2.05) is 17.0 Å². The summed E-state index contributed by atoms with van der Waals surface area (Å²) in [6.07, 6.45) is 5.45. The van der Waals surface area contributed by atoms with Gasteiger partial charge in [-0.1, -0.05) is 0 Å². The number of carbonyl (C=O) groups is 1. The van der Waals surface area contributed by atoms with Crippen LogP contribution in [-0.2, 0) is 0 Å². The lowest BCUT2D eigenvalue weighted by Gasteiger charge is -2.25. The van der Waals surface area contributed by atoms with Crippen LogP contribution in [0.4, 0.5) is 10.5 Å². The van der Waals surface area contributed by atoms with E-state index >= 15 is 0 Å². The highest BCUT2D eigenvalue weighted by molar-refractivity contribution is 9.10. The Morgan fingerprint density at radius 3 is 2.60 bits per heavy atom. The number of pyridine rings is 1. The molecular formula is C18H20BrN3O3. The standard InChI is InChI=1S/C18H20BrN3O3/c1-24-16-10-13(19)14(11-17(16)25-2)21-18(23)22-9-3-4-15(22)12-5-7-20-8-6-12/h5-8,10-11,15H,3-4,9H2,1-2H3,(H,21,23). The van der Waals surface area contributed by atoms with E-state index in [0.717, 1.165) is 29.4 Å². The molecule has 1 aromatic heterocycles. The van der Waals surface area contributed by atoms with Crippen molar-refractivity contribution in [2.45, 2.75) is 18.9 Å². The molecule has 0 aliphatic carbocycles. The summed E-state index contributed by atoms with van der Waals surface area (Å²) in [6.45, 7) is 0.726. The van der Waals surface area contributed by atoms with E-state index in [1.165, 1.54) is 0 Å². The van der Waals surface area contributed by atoms with Crippen LogP contribution in [0.5, 0.6) is 11.5 Å². The molecule has 1 atom stereocenters. The molecule has 1 unspecified atom stereocenters. The Labute approximate surface area is 155 Å². The fourth-order valence-electron chi connectivity index (χ4n) is 3.08. The van der Waals surface area contributed by atoms with Gasteiger partial charge in [0, 0.05) is 35.5 Å². The second-order valence-electron chi connectivity index (χ2n) is 5.75. The van der Waals surface area contributed by atoms with Crippen molar-refractivity contribution in [2.24, 2.45) is 0 Å². The van der Waals surface area contributed by atoms with Crippen LogP contribution in [0.25, 0.3) is 0 Å². The highest BCUT2D eigenvalue weighted by Gasteiger charge is 2.30. The molecule has 2 aromatic rings. The first kappa shape index (κ1) is 17.5. The van der Waals surface area contributed by atoms with Crippen LogP contribution >= 0.6 is 15.9 Å². The summed E-state index contributed by atoms with van der Waals surface area (Å²) < 4.78 is 11.3. The van der Waals surface area contributed by atoms with Gasteiger partial charge in [0.1, 0.15) is 0 Å². The Morgan fingerprint density at radius 1 is 1.24 bits per heavy atom. The van der Waals surface area contributed by atoms with Crippen molar-refractivity contribution in [1.29, 1.82) is 0 Å². The minimum Gasteiger partial charge on any atom is -0.493 e. The Balaban J connectivity index is 1.80. The maximum Gasteiger partial charge on any atom is 0.322 e. The SMILES string of the molecule is COc1cc(Br)c(NC(=O)N2CCCC2c2ccncc2)cc1OC. The van der Waals surface area contributed by atoms with Crippen LogP contribution in [0.1, 0.15) is 24.4 Å². The van der Waals surface area contributed by atoms with E-state index in [0.29, 0.717) is 17.2 Å². The zero-order valence-electron chi connectivity index (χ0n) is 14.2. The van der Waals surface area contributed by atoms with Crippen molar-refractivity contribution in [3.05, 3.63) is 46.7 Å². The Bertz CT molecular complexity index is 755. The maximum absolute atomic E-state index is 12.8. The van der Waals surface area contributed by atoms with Gasteiger partial charge in [-0.15, -0.1) is 0 Å². The van der Waals surface area contributed by atoms with Gasteiger partial charge in [-0.3, -0.25) is 4.98 Å². The molecule has 1 saturated heterocycles. The third kappa shape index (κ3) is 3.71. The Morgan fingerprint density at radius 2 is 1.92 bits per heavy atom. The second-order valence-corrected chi connectivity index (χ2v) is 6.60. The van der Waals surface area contributed by atoms with E-state index in [4.69, 9.17) is 9.47 Å². The molecule has 1 aliphatic rings. The van der Waals surface area contributed by atoms with Crippen LogP contribution in [0, 0.1) is 0 Å². The van der Waals surface area contributed by atoms with Crippen LogP contribution in [0.3, 0.4) is 0 Å². The number of amides is 2. The number of likely N-dealkylation sites (tertiary alicyclic amines) is 1. The molecule has 1 aliphatic heterocycles. The summed E-state index contributed by atoms with van der Waals surface area (Å²) in [7, 11) is 3.14. The molecule has 0 spiro atoms. The van der Waals surface area contributed by atoms with Crippen LogP contribution in [0.2, 0.25) is 0 Å². The molecule has 7 heteroatoms. The molecular weight excluding hydrogens is 386 g/mol. The number of urea groups is 1. The predicted molar refractivity (Wildman–Crippen MR) is 99.2 cm³/mol. The average Bonchev–Trinajstić information content (AvgIpc) is 3.13. The summed E-state index contributed by atoms with van der Waals surface area (Å²) in [5, 5.41) is 2.97. The van der Waals surface area contributed by atoms with Gasteiger partial charge in [-0.05, 0) is 46.5 Å². The molecule has 0 bridgehead atoms. The predicted octanol–water partition coefficient (Wildman–Crippen LogP) is 4.23. The fraction of sp³-hybridized carbons (Fsp3) is 0.333. The number of anilines is 1. The van der Waals surface area contributed by atoms with Crippen LogP contribution in [-0.4, -0.2) is 36.7 Å². The number of hydrogen-bond donors (Lipinski definition) is 1. The molecule has 25 heavy (non-hydrogen) atoms. The Hall–Kier alpha value is -2.28. The number of halogens is 1. The quantitative estimate of drug-likeness (QED) is 0.826. The van der Waals surface area contributed by atoms with Crippen molar-refractivity contribution in [3.63, 3.8) is 0 Å². The van der Waals surface area contributed by atoms with Gasteiger partial charge in [-0.2, -0.15) is 0 Å². The topological polar surface area (TPSA) is 63.7 Å². The van der Waals surface area contributed by atoms with Crippen molar-refractivity contribution in [3.8, 4) is 11.5 Å². The number of hydrogen-bond acceptors (Lipinski definition) is 4. The third-order valence-corrected chi connectivity index (χ3v) is 4.98. The molecule has 3 rings (SSSR count). The molecule has 2 amide bonds. The summed E-state index contributed by atoms with van der Waals surface area (Å²) >= 11 is 3.47. The number of carbonyl (C=O) groups excluding carboxylic acids is 1. The van der Waals surface area contributed by atoms with Gasteiger partial charge < -0.3 is 19.7 Å². The lowest BCUT2D eigenvalue weighted by atomic mass is 10.1. The van der Waals surface area contributed by atoms with Crippen molar-refractivity contribution < 1.29 is 14.3 Å². The molecule has 1 fully saturated rings. The largest absolute Gasteiger partial charge is 0.493 e. The zero-order chi connectivity index (χ0) is 17.8. The number of ether oxygens (including phenoxy) is 2. The first-order chi connectivity index (χ1) is 12.1. The summed E-state index contributed by atoms with van der Waals surface area (Å²) in [5.41, 5.74) is 1.75. The second kappa shape index (κ2) is 7.74. The highest BCUT2D eigenvalue weighted by Crippen LogP contribution is 2.37. The summed E-state index contributed by atoms with van der Waals surface area (Å²) in [5.74, 6) is 1.16. The smallest absolute Gasteiger partial charge is 0.322 e. The van der Waals surface area contributed by atoms with Crippen LogP contribution in [0.15, 0.2) is 41.1 Å². The average molecular weight is 406 g/mol. The van der Waals surface area contributed by atoms with Gasteiger partial charge in [0.2, 0.25) is 0 Å². The first-order valence-corrected chi connectivity index (χ1v) is 8.82. The first-order valence-electron chi connectivity index (χ1n) is 8.03. The number of aromatic nitrogens is 1. The number of nitrogens with one attached hydrogen (secondary N) is 1. The number of nitrogens with zero attached hydrogens (tertiary/aromatic N) is 2. The van der Waals surface area contributed by atoms with Crippen molar-refractivity contribution >= 4 is 27.6 Å². The monoisotopic (exact) mass is 405 g/mol. The number of rotatable bonds is 4. The maximum atomic E-state index is 12.8. The number of methoxy groups -OCH3 is 2. The molecule has 0 saturated carbocycles. The van der Waals surface area contributed by atoms with E-state index in [1.54, 1.807) is 38.7 Å². The third-order valence-electron chi connectivity index (χ3n) is 4.32. The molecule has 0 radical (unpaired) electrons. The van der Waals surface area contributed by atoms with E-state index < -0.39 is 0 Å². The fourth-order valence-corrected chi connectivity index (χ4v) is 3.50. The highest BCUT2D eigenvalue weighted by atomic mass is 79.9. The minimum atomic E-state index is -0.132. The zero-order valence-corrected chi connectivity index (χ0v) is 15.7.